The van der Waals surface area contributed by atoms with Crippen LogP contribution in [0, 0.1) is 0 Å². The maximum atomic E-state index is 11.1. The van der Waals surface area contributed by atoms with E-state index in [2.05, 4.69) is 6.92 Å². The summed E-state index contributed by atoms with van der Waals surface area (Å²) in [5.74, 6) is 0.214. The van der Waals surface area contributed by atoms with E-state index in [4.69, 9.17) is 0 Å². The Morgan fingerprint density at radius 1 is 1.82 bits per heavy atom. The minimum atomic E-state index is 0.214. The molecule has 0 aromatic heterocycles. The van der Waals surface area contributed by atoms with Crippen LogP contribution in [0.3, 0.4) is 0 Å². The van der Waals surface area contributed by atoms with Crippen LogP contribution in [-0.2, 0) is 4.79 Å². The first-order valence-electron chi connectivity index (χ1n) is 3.69. The predicted octanol–water partition coefficient (Wildman–Crippen LogP) is 1.35. The Morgan fingerprint density at radius 2 is 2.55 bits per heavy atom. The van der Waals surface area contributed by atoms with E-state index in [1.807, 2.05) is 18.1 Å². The number of nitrogens with zero attached hydrogens (tertiary/aromatic N) is 2. The van der Waals surface area contributed by atoms with Crippen molar-refractivity contribution >= 4 is 17.7 Å². The van der Waals surface area contributed by atoms with E-state index in [1.165, 1.54) is 4.91 Å². The number of hydrogen-bond donors (Lipinski definition) is 0. The van der Waals surface area contributed by atoms with E-state index >= 15 is 0 Å². The molecule has 2 aliphatic rings. The average Bonchev–Trinajstić information content (AvgIpc) is 2.48. The molecule has 0 aromatic rings. The van der Waals surface area contributed by atoms with Crippen LogP contribution >= 0.6 is 11.8 Å². The van der Waals surface area contributed by atoms with Crippen molar-refractivity contribution in [3.05, 3.63) is 11.1 Å². The molecule has 0 radical (unpaired) electrons. The second-order valence-electron chi connectivity index (χ2n) is 2.66. The normalized spacial score (nSPS) is 26.7. The molecular formula is C7H10N2OS. The zero-order valence-electron chi connectivity index (χ0n) is 6.57. The Morgan fingerprint density at radius 3 is 3.00 bits per heavy atom. The SMILES string of the molecule is CCC(=O)N1[C@H]2SC(C)=CN21. The molecule has 3 nitrogen and oxygen atoms in total. The Bertz CT molecular complexity index is 239. The van der Waals surface area contributed by atoms with E-state index in [0.717, 1.165) is 0 Å². The van der Waals surface area contributed by atoms with Gasteiger partial charge in [-0.15, -0.1) is 0 Å². The van der Waals surface area contributed by atoms with Crippen molar-refractivity contribution in [2.75, 3.05) is 0 Å². The third-order valence-electron chi connectivity index (χ3n) is 1.79. The van der Waals surface area contributed by atoms with E-state index in [9.17, 15) is 4.79 Å². The number of fused-ring (bicyclic) bond motifs is 1. The summed E-state index contributed by atoms with van der Waals surface area (Å²) in [6.45, 7) is 3.95. The van der Waals surface area contributed by atoms with Crippen LogP contribution in [0.4, 0.5) is 0 Å². The van der Waals surface area contributed by atoms with Crippen LogP contribution in [0.5, 0.6) is 0 Å². The topological polar surface area (TPSA) is 23.1 Å². The first kappa shape index (κ1) is 7.03. The molecule has 4 heteroatoms. The highest BCUT2D eigenvalue weighted by Gasteiger charge is 2.50. The van der Waals surface area contributed by atoms with Crippen LogP contribution in [0.2, 0.25) is 0 Å². The standard InChI is InChI=1S/C7H10N2OS/c1-3-6(10)9-7-8(9)4-5(2)11-7/h4,7H,3H2,1-2H3/t7-,8?,9?/m0/s1. The van der Waals surface area contributed by atoms with Gasteiger partial charge < -0.3 is 0 Å². The second-order valence-corrected chi connectivity index (χ2v) is 3.96. The van der Waals surface area contributed by atoms with E-state index in [0.29, 0.717) is 11.9 Å². The van der Waals surface area contributed by atoms with Gasteiger partial charge in [-0.2, -0.15) is 0 Å². The number of hydrogen-bond acceptors (Lipinski definition) is 3. The summed E-state index contributed by atoms with van der Waals surface area (Å²) < 4.78 is 0. The Kier molecular flexibility index (Phi) is 1.39. The molecule has 0 bridgehead atoms. The van der Waals surface area contributed by atoms with Crippen LogP contribution in [0.1, 0.15) is 20.3 Å². The number of amides is 1. The van der Waals surface area contributed by atoms with Crippen molar-refractivity contribution in [2.45, 2.75) is 25.8 Å². The van der Waals surface area contributed by atoms with Crippen molar-refractivity contribution in [1.29, 1.82) is 0 Å². The molecule has 2 aliphatic heterocycles. The van der Waals surface area contributed by atoms with E-state index in [1.54, 1.807) is 16.8 Å². The van der Waals surface area contributed by atoms with Gasteiger partial charge in [-0.3, -0.25) is 9.80 Å². The van der Waals surface area contributed by atoms with Crippen LogP contribution in [0.25, 0.3) is 0 Å². The molecule has 1 fully saturated rings. The number of thioether (sulfide) groups is 1. The third kappa shape index (κ3) is 0.929. The fourth-order valence-corrected chi connectivity index (χ4v) is 2.24. The lowest BCUT2D eigenvalue weighted by Gasteiger charge is -2.01. The number of carbonyl (C=O) groups is 1. The molecule has 0 aromatic carbocycles. The summed E-state index contributed by atoms with van der Waals surface area (Å²) in [6, 6.07) is 0. The highest BCUT2D eigenvalue weighted by molar-refractivity contribution is 8.04. The monoisotopic (exact) mass is 170 g/mol. The van der Waals surface area contributed by atoms with Crippen LogP contribution in [-0.4, -0.2) is 21.4 Å². The molecule has 0 spiro atoms. The number of carbonyl (C=O) groups excluding carboxylic acids is 1. The van der Waals surface area contributed by atoms with Gasteiger partial charge >= 0.3 is 0 Å². The molecule has 1 atom stereocenters. The van der Waals surface area contributed by atoms with Gasteiger partial charge in [0, 0.05) is 17.5 Å². The van der Waals surface area contributed by atoms with Crippen molar-refractivity contribution in [1.82, 2.24) is 10.0 Å². The molecule has 2 rings (SSSR count). The maximum absolute atomic E-state index is 11.1. The molecule has 60 valence electrons. The molecule has 11 heavy (non-hydrogen) atoms. The van der Waals surface area contributed by atoms with Gasteiger partial charge in [0.1, 0.15) is 0 Å². The summed E-state index contributed by atoms with van der Waals surface area (Å²) in [7, 11) is 0. The van der Waals surface area contributed by atoms with Gasteiger partial charge in [0.15, 0.2) is 5.50 Å². The van der Waals surface area contributed by atoms with Crippen molar-refractivity contribution in [2.24, 2.45) is 0 Å². The minimum Gasteiger partial charge on any atom is -0.273 e. The number of hydrazine groups is 1. The molecule has 0 saturated carbocycles. The van der Waals surface area contributed by atoms with Gasteiger partial charge in [0.2, 0.25) is 5.91 Å². The predicted molar refractivity (Wildman–Crippen MR) is 44.1 cm³/mol. The number of allylic oxidation sites excluding steroid dienone is 1. The molecule has 1 saturated heterocycles. The summed E-state index contributed by atoms with van der Waals surface area (Å²) >= 11 is 1.74. The molecule has 0 unspecified atom stereocenters. The fraction of sp³-hybridized carbons (Fsp3) is 0.571. The molecule has 1 amide bonds. The van der Waals surface area contributed by atoms with Crippen molar-refractivity contribution in [3.8, 4) is 0 Å². The third-order valence-corrected chi connectivity index (χ3v) is 2.90. The molecule has 0 aliphatic carbocycles. The zero-order chi connectivity index (χ0) is 8.01. The lowest BCUT2D eigenvalue weighted by atomic mass is 10.5. The minimum absolute atomic E-state index is 0.214. The van der Waals surface area contributed by atoms with E-state index < -0.39 is 0 Å². The Labute approximate surface area is 70.0 Å². The smallest absolute Gasteiger partial charge is 0.243 e. The largest absolute Gasteiger partial charge is 0.273 e. The first-order valence-corrected chi connectivity index (χ1v) is 4.57. The Hall–Kier alpha value is -0.640. The summed E-state index contributed by atoms with van der Waals surface area (Å²) in [4.78, 5) is 12.4. The van der Waals surface area contributed by atoms with Crippen LogP contribution < -0.4 is 0 Å². The highest BCUT2D eigenvalue weighted by Crippen LogP contribution is 2.46. The fourth-order valence-electron chi connectivity index (χ4n) is 1.19. The van der Waals surface area contributed by atoms with Gasteiger partial charge in [-0.25, -0.2) is 5.01 Å². The molecule has 0 N–H and O–H groups in total. The van der Waals surface area contributed by atoms with Gasteiger partial charge in [-0.05, 0) is 6.92 Å². The van der Waals surface area contributed by atoms with Crippen molar-refractivity contribution in [3.63, 3.8) is 0 Å². The quantitative estimate of drug-likeness (QED) is 0.555. The second kappa shape index (κ2) is 2.17. The van der Waals surface area contributed by atoms with Crippen molar-refractivity contribution < 1.29 is 4.79 Å². The van der Waals surface area contributed by atoms with Gasteiger partial charge in [0.05, 0.1) is 0 Å². The maximum Gasteiger partial charge on any atom is 0.243 e. The van der Waals surface area contributed by atoms with Gasteiger partial charge in [-0.1, -0.05) is 18.7 Å². The summed E-state index contributed by atoms with van der Waals surface area (Å²) in [6.07, 6.45) is 2.61. The van der Waals surface area contributed by atoms with E-state index in [-0.39, 0.29) is 5.91 Å². The lowest BCUT2D eigenvalue weighted by Crippen LogP contribution is -2.13. The zero-order valence-corrected chi connectivity index (χ0v) is 7.39. The molecule has 2 heterocycles. The summed E-state index contributed by atoms with van der Waals surface area (Å²) in [5.41, 5.74) is 0.294. The first-order chi connectivity index (χ1) is 5.24. The van der Waals surface area contributed by atoms with Crippen LogP contribution in [0.15, 0.2) is 11.1 Å². The Balaban J connectivity index is 2.02. The average molecular weight is 170 g/mol. The lowest BCUT2D eigenvalue weighted by molar-refractivity contribution is -0.127. The number of rotatable bonds is 1. The summed E-state index contributed by atoms with van der Waals surface area (Å²) in [5, 5.41) is 3.77. The van der Waals surface area contributed by atoms with Gasteiger partial charge in [0.25, 0.3) is 0 Å². The highest BCUT2D eigenvalue weighted by atomic mass is 32.2. The molecular weight excluding hydrogens is 160 g/mol.